The second kappa shape index (κ2) is 10.5. The van der Waals surface area contributed by atoms with Crippen molar-refractivity contribution in [1.29, 1.82) is 0 Å². The SMILES string of the molecule is CCNC(=O)[C@H](CC)N(Cc1ccc(F)cc1)C(=O)CCc1ccccc1. The molecule has 0 bridgehead atoms. The first kappa shape index (κ1) is 20.6. The lowest BCUT2D eigenvalue weighted by atomic mass is 10.1. The molecule has 0 radical (unpaired) electrons. The monoisotopic (exact) mass is 370 g/mol. The molecule has 0 aliphatic carbocycles. The lowest BCUT2D eigenvalue weighted by Crippen LogP contribution is -2.49. The minimum absolute atomic E-state index is 0.0821. The van der Waals surface area contributed by atoms with Crippen molar-refractivity contribution >= 4 is 11.8 Å². The van der Waals surface area contributed by atoms with Crippen LogP contribution in [-0.4, -0.2) is 29.3 Å². The van der Waals surface area contributed by atoms with Crippen LogP contribution in [0.2, 0.25) is 0 Å². The Morgan fingerprint density at radius 2 is 1.67 bits per heavy atom. The molecule has 144 valence electrons. The number of halogens is 1. The van der Waals surface area contributed by atoms with E-state index in [9.17, 15) is 14.0 Å². The van der Waals surface area contributed by atoms with Gasteiger partial charge in [-0.3, -0.25) is 9.59 Å². The van der Waals surface area contributed by atoms with E-state index in [-0.39, 0.29) is 24.2 Å². The molecular weight excluding hydrogens is 343 g/mol. The summed E-state index contributed by atoms with van der Waals surface area (Å²) in [6.45, 7) is 4.54. The van der Waals surface area contributed by atoms with Gasteiger partial charge in [0.1, 0.15) is 11.9 Å². The van der Waals surface area contributed by atoms with Crippen LogP contribution in [0.1, 0.15) is 37.8 Å². The first-order valence-electron chi connectivity index (χ1n) is 9.40. The molecule has 0 saturated carbocycles. The van der Waals surface area contributed by atoms with E-state index in [4.69, 9.17) is 0 Å². The van der Waals surface area contributed by atoms with Crippen molar-refractivity contribution in [1.82, 2.24) is 10.2 Å². The number of likely N-dealkylation sites (N-methyl/N-ethyl adjacent to an activating group) is 1. The fraction of sp³-hybridized carbons (Fsp3) is 0.364. The smallest absolute Gasteiger partial charge is 0.242 e. The van der Waals surface area contributed by atoms with E-state index in [1.807, 2.05) is 44.2 Å². The van der Waals surface area contributed by atoms with Crippen molar-refractivity contribution in [2.24, 2.45) is 0 Å². The standard InChI is InChI=1S/C22H27FN2O2/c1-3-20(22(27)24-4-2)25(16-18-10-13-19(23)14-11-18)21(26)15-12-17-8-6-5-7-9-17/h5-11,13-14,20H,3-4,12,15-16H2,1-2H3,(H,24,27)/t20-/m0/s1. The summed E-state index contributed by atoms with van der Waals surface area (Å²) < 4.78 is 13.2. The predicted octanol–water partition coefficient (Wildman–Crippen LogP) is 3.70. The van der Waals surface area contributed by atoms with Gasteiger partial charge in [-0.05, 0) is 43.0 Å². The van der Waals surface area contributed by atoms with Crippen LogP contribution in [-0.2, 0) is 22.6 Å². The number of aryl methyl sites for hydroxylation is 1. The quantitative estimate of drug-likeness (QED) is 0.732. The molecule has 2 rings (SSSR count). The third kappa shape index (κ3) is 6.20. The third-order valence-electron chi connectivity index (χ3n) is 4.47. The van der Waals surface area contributed by atoms with Crippen LogP contribution in [0.15, 0.2) is 54.6 Å². The number of hydrogen-bond acceptors (Lipinski definition) is 2. The molecule has 2 amide bonds. The van der Waals surface area contributed by atoms with E-state index in [1.54, 1.807) is 17.0 Å². The summed E-state index contributed by atoms with van der Waals surface area (Å²) in [4.78, 5) is 27.1. The summed E-state index contributed by atoms with van der Waals surface area (Å²) in [5, 5.41) is 2.81. The van der Waals surface area contributed by atoms with Gasteiger partial charge in [0.15, 0.2) is 0 Å². The maximum absolute atomic E-state index is 13.2. The van der Waals surface area contributed by atoms with Gasteiger partial charge in [0, 0.05) is 19.5 Å². The van der Waals surface area contributed by atoms with Gasteiger partial charge >= 0.3 is 0 Å². The largest absolute Gasteiger partial charge is 0.355 e. The van der Waals surface area contributed by atoms with Crippen molar-refractivity contribution in [2.45, 2.75) is 45.7 Å². The van der Waals surface area contributed by atoms with Crippen LogP contribution < -0.4 is 5.32 Å². The zero-order chi connectivity index (χ0) is 19.6. The summed E-state index contributed by atoms with van der Waals surface area (Å²) in [6.07, 6.45) is 1.46. The van der Waals surface area contributed by atoms with Gasteiger partial charge < -0.3 is 10.2 Å². The number of hydrogen-bond donors (Lipinski definition) is 1. The summed E-state index contributed by atoms with van der Waals surface area (Å²) >= 11 is 0. The molecule has 1 atom stereocenters. The Morgan fingerprint density at radius 1 is 1.00 bits per heavy atom. The predicted molar refractivity (Wildman–Crippen MR) is 104 cm³/mol. The normalized spacial score (nSPS) is 11.7. The maximum Gasteiger partial charge on any atom is 0.242 e. The number of amides is 2. The van der Waals surface area contributed by atoms with Crippen LogP contribution in [0.4, 0.5) is 4.39 Å². The Morgan fingerprint density at radius 3 is 2.26 bits per heavy atom. The highest BCUT2D eigenvalue weighted by Crippen LogP contribution is 2.15. The maximum atomic E-state index is 13.2. The molecule has 0 aromatic heterocycles. The van der Waals surface area contributed by atoms with Crippen LogP contribution in [0.25, 0.3) is 0 Å². The summed E-state index contributed by atoms with van der Waals surface area (Å²) in [5.74, 6) is -0.562. The lowest BCUT2D eigenvalue weighted by molar-refractivity contribution is -0.141. The Balaban J connectivity index is 2.17. The van der Waals surface area contributed by atoms with Crippen LogP contribution >= 0.6 is 0 Å². The fourth-order valence-corrected chi connectivity index (χ4v) is 3.04. The van der Waals surface area contributed by atoms with Gasteiger partial charge in [-0.25, -0.2) is 4.39 Å². The number of carbonyl (C=O) groups excluding carboxylic acids is 2. The molecule has 27 heavy (non-hydrogen) atoms. The van der Waals surface area contributed by atoms with Crippen LogP contribution in [0.3, 0.4) is 0 Å². The lowest BCUT2D eigenvalue weighted by Gasteiger charge is -2.30. The third-order valence-corrected chi connectivity index (χ3v) is 4.47. The summed E-state index contributed by atoms with van der Waals surface area (Å²) in [6, 6.07) is 15.3. The molecule has 0 heterocycles. The molecule has 2 aromatic carbocycles. The van der Waals surface area contributed by atoms with E-state index in [0.717, 1.165) is 11.1 Å². The molecule has 1 N–H and O–H groups in total. The van der Waals surface area contributed by atoms with E-state index in [2.05, 4.69) is 5.32 Å². The molecule has 0 saturated heterocycles. The first-order valence-corrected chi connectivity index (χ1v) is 9.40. The van der Waals surface area contributed by atoms with E-state index in [1.165, 1.54) is 12.1 Å². The number of rotatable bonds is 9. The molecule has 2 aromatic rings. The van der Waals surface area contributed by atoms with E-state index in [0.29, 0.717) is 25.8 Å². The highest BCUT2D eigenvalue weighted by Gasteiger charge is 2.28. The van der Waals surface area contributed by atoms with Crippen LogP contribution in [0.5, 0.6) is 0 Å². The molecule has 0 fully saturated rings. The fourth-order valence-electron chi connectivity index (χ4n) is 3.04. The van der Waals surface area contributed by atoms with E-state index < -0.39 is 6.04 Å². The minimum Gasteiger partial charge on any atom is -0.355 e. The Hall–Kier alpha value is -2.69. The van der Waals surface area contributed by atoms with Crippen LogP contribution in [0, 0.1) is 5.82 Å². The zero-order valence-corrected chi connectivity index (χ0v) is 16.0. The van der Waals surface area contributed by atoms with Crippen molar-refractivity contribution in [3.8, 4) is 0 Å². The van der Waals surface area contributed by atoms with Gasteiger partial charge in [-0.2, -0.15) is 0 Å². The average molecular weight is 370 g/mol. The summed E-state index contributed by atoms with van der Waals surface area (Å²) in [5.41, 5.74) is 1.88. The highest BCUT2D eigenvalue weighted by atomic mass is 19.1. The second-order valence-electron chi connectivity index (χ2n) is 6.45. The van der Waals surface area contributed by atoms with E-state index >= 15 is 0 Å². The number of benzene rings is 2. The van der Waals surface area contributed by atoms with Gasteiger partial charge in [-0.1, -0.05) is 49.4 Å². The number of nitrogens with one attached hydrogen (secondary N) is 1. The molecule has 0 spiro atoms. The Kier molecular flexibility index (Phi) is 7.99. The molecule has 0 aliphatic heterocycles. The second-order valence-corrected chi connectivity index (χ2v) is 6.45. The van der Waals surface area contributed by atoms with Crippen molar-refractivity contribution in [2.75, 3.05) is 6.54 Å². The topological polar surface area (TPSA) is 49.4 Å². The average Bonchev–Trinajstić information content (AvgIpc) is 2.68. The zero-order valence-electron chi connectivity index (χ0n) is 16.0. The van der Waals surface area contributed by atoms with Gasteiger partial charge in [0.05, 0.1) is 0 Å². The first-order chi connectivity index (χ1) is 13.0. The van der Waals surface area contributed by atoms with Gasteiger partial charge in [-0.15, -0.1) is 0 Å². The molecule has 4 nitrogen and oxygen atoms in total. The molecule has 0 unspecified atom stereocenters. The molecule has 0 aliphatic rings. The Bertz CT molecular complexity index is 732. The van der Waals surface area contributed by atoms with Gasteiger partial charge in [0.25, 0.3) is 0 Å². The number of nitrogens with zero attached hydrogens (tertiary/aromatic N) is 1. The Labute approximate surface area is 160 Å². The molecular formula is C22H27FN2O2. The minimum atomic E-state index is -0.543. The number of carbonyl (C=O) groups is 2. The van der Waals surface area contributed by atoms with Gasteiger partial charge in [0.2, 0.25) is 11.8 Å². The van der Waals surface area contributed by atoms with Crippen molar-refractivity contribution in [3.63, 3.8) is 0 Å². The highest BCUT2D eigenvalue weighted by molar-refractivity contribution is 5.87. The van der Waals surface area contributed by atoms with Crippen molar-refractivity contribution < 1.29 is 14.0 Å². The molecule has 5 heteroatoms. The summed E-state index contributed by atoms with van der Waals surface area (Å²) in [7, 11) is 0. The van der Waals surface area contributed by atoms with Crippen molar-refractivity contribution in [3.05, 3.63) is 71.5 Å².